The Morgan fingerprint density at radius 3 is 3.00 bits per heavy atom. The van der Waals surface area contributed by atoms with Crippen LogP contribution in [0, 0.1) is 0 Å². The number of hydrogen-bond acceptors (Lipinski definition) is 5. The lowest BCUT2D eigenvalue weighted by Crippen LogP contribution is -2.25. The zero-order valence-electron chi connectivity index (χ0n) is 11.8. The highest BCUT2D eigenvalue weighted by Crippen LogP contribution is 2.20. The molecule has 106 valence electrons. The molecule has 0 unspecified atom stereocenters. The summed E-state index contributed by atoms with van der Waals surface area (Å²) in [6, 6.07) is 4.59. The standard InChI is InChI=1S/C15H20N4O/c1-2-11-6-5-9-16-14(11)15-18-13(20-19-15)10-17-12-7-3-4-8-12/h5-6,9,12,17H,2-4,7-8,10H2,1H3. The molecule has 3 rings (SSSR count). The van der Waals surface area contributed by atoms with Crippen molar-refractivity contribution < 1.29 is 4.52 Å². The van der Waals surface area contributed by atoms with E-state index in [1.807, 2.05) is 6.07 Å². The first-order valence-corrected chi connectivity index (χ1v) is 7.37. The van der Waals surface area contributed by atoms with Gasteiger partial charge in [-0.3, -0.25) is 4.98 Å². The topological polar surface area (TPSA) is 63.8 Å². The van der Waals surface area contributed by atoms with Crippen LogP contribution in [-0.2, 0) is 13.0 Å². The highest BCUT2D eigenvalue weighted by molar-refractivity contribution is 5.53. The summed E-state index contributed by atoms with van der Waals surface area (Å²) >= 11 is 0. The van der Waals surface area contributed by atoms with E-state index in [0.29, 0.717) is 24.3 Å². The van der Waals surface area contributed by atoms with Crippen molar-refractivity contribution in [2.75, 3.05) is 0 Å². The predicted molar refractivity (Wildman–Crippen MR) is 76.0 cm³/mol. The average Bonchev–Trinajstić information content (AvgIpc) is 3.16. The van der Waals surface area contributed by atoms with Crippen LogP contribution in [0.4, 0.5) is 0 Å². The summed E-state index contributed by atoms with van der Waals surface area (Å²) in [7, 11) is 0. The maximum atomic E-state index is 5.31. The molecule has 20 heavy (non-hydrogen) atoms. The SMILES string of the molecule is CCc1cccnc1-c1noc(CNC2CCCC2)n1. The van der Waals surface area contributed by atoms with Gasteiger partial charge in [0.05, 0.1) is 6.54 Å². The van der Waals surface area contributed by atoms with E-state index in [2.05, 4.69) is 33.4 Å². The van der Waals surface area contributed by atoms with Gasteiger partial charge in [-0.05, 0) is 30.9 Å². The van der Waals surface area contributed by atoms with Gasteiger partial charge in [0.25, 0.3) is 0 Å². The Balaban J connectivity index is 1.69. The number of aromatic nitrogens is 3. The molecule has 1 N–H and O–H groups in total. The van der Waals surface area contributed by atoms with Crippen LogP contribution in [0.3, 0.4) is 0 Å². The maximum Gasteiger partial charge on any atom is 0.240 e. The van der Waals surface area contributed by atoms with E-state index >= 15 is 0 Å². The first-order valence-electron chi connectivity index (χ1n) is 7.37. The summed E-state index contributed by atoms with van der Waals surface area (Å²) in [5.41, 5.74) is 1.97. The number of nitrogens with one attached hydrogen (secondary N) is 1. The Labute approximate surface area is 118 Å². The molecule has 0 radical (unpaired) electrons. The van der Waals surface area contributed by atoms with Crippen LogP contribution in [0.1, 0.15) is 44.1 Å². The Hall–Kier alpha value is -1.75. The van der Waals surface area contributed by atoms with Crippen LogP contribution in [0.15, 0.2) is 22.9 Å². The highest BCUT2D eigenvalue weighted by Gasteiger charge is 2.17. The van der Waals surface area contributed by atoms with Gasteiger partial charge in [0.1, 0.15) is 5.69 Å². The molecule has 0 spiro atoms. The second-order valence-corrected chi connectivity index (χ2v) is 5.24. The fourth-order valence-corrected chi connectivity index (χ4v) is 2.71. The monoisotopic (exact) mass is 272 g/mol. The average molecular weight is 272 g/mol. The molecule has 5 heteroatoms. The first kappa shape index (κ1) is 13.2. The van der Waals surface area contributed by atoms with Gasteiger partial charge in [-0.2, -0.15) is 4.98 Å². The van der Waals surface area contributed by atoms with Crippen LogP contribution < -0.4 is 5.32 Å². The van der Waals surface area contributed by atoms with Crippen molar-refractivity contribution in [3.63, 3.8) is 0 Å². The van der Waals surface area contributed by atoms with Crippen molar-refractivity contribution in [3.05, 3.63) is 29.8 Å². The van der Waals surface area contributed by atoms with Gasteiger partial charge in [0, 0.05) is 12.2 Å². The smallest absolute Gasteiger partial charge is 0.240 e. The predicted octanol–water partition coefficient (Wildman–Crippen LogP) is 2.73. The molecular weight excluding hydrogens is 252 g/mol. The summed E-state index contributed by atoms with van der Waals surface area (Å²) in [5, 5.41) is 7.53. The van der Waals surface area contributed by atoms with E-state index in [0.717, 1.165) is 17.7 Å². The summed E-state index contributed by atoms with van der Waals surface area (Å²) < 4.78 is 5.31. The third kappa shape index (κ3) is 2.88. The van der Waals surface area contributed by atoms with Gasteiger partial charge in [-0.15, -0.1) is 0 Å². The lowest BCUT2D eigenvalue weighted by atomic mass is 10.1. The summed E-state index contributed by atoms with van der Waals surface area (Å²) in [6.07, 6.45) is 7.82. The summed E-state index contributed by atoms with van der Waals surface area (Å²) in [5.74, 6) is 1.23. The molecule has 0 bridgehead atoms. The van der Waals surface area contributed by atoms with Gasteiger partial charge in [-0.1, -0.05) is 31.0 Å². The minimum absolute atomic E-state index is 0.589. The third-order valence-electron chi connectivity index (χ3n) is 3.85. The Bertz CT molecular complexity index is 561. The van der Waals surface area contributed by atoms with Gasteiger partial charge >= 0.3 is 0 Å². The molecule has 0 aliphatic heterocycles. The van der Waals surface area contributed by atoms with Crippen molar-refractivity contribution >= 4 is 0 Å². The number of pyridine rings is 1. The van der Waals surface area contributed by atoms with Crippen LogP contribution in [0.2, 0.25) is 0 Å². The lowest BCUT2D eigenvalue weighted by molar-refractivity contribution is 0.357. The van der Waals surface area contributed by atoms with Crippen molar-refractivity contribution in [3.8, 4) is 11.5 Å². The fourth-order valence-electron chi connectivity index (χ4n) is 2.71. The highest BCUT2D eigenvalue weighted by atomic mass is 16.5. The Morgan fingerprint density at radius 1 is 1.35 bits per heavy atom. The molecular formula is C15H20N4O. The Morgan fingerprint density at radius 2 is 2.20 bits per heavy atom. The summed E-state index contributed by atoms with van der Waals surface area (Å²) in [4.78, 5) is 8.81. The zero-order chi connectivity index (χ0) is 13.8. The second-order valence-electron chi connectivity index (χ2n) is 5.24. The van der Waals surface area contributed by atoms with Crippen LogP contribution >= 0.6 is 0 Å². The molecule has 0 amide bonds. The molecule has 2 heterocycles. The van der Waals surface area contributed by atoms with Crippen molar-refractivity contribution in [1.82, 2.24) is 20.4 Å². The second kappa shape index (κ2) is 6.13. The number of aryl methyl sites for hydroxylation is 1. The number of hydrogen-bond donors (Lipinski definition) is 1. The molecule has 5 nitrogen and oxygen atoms in total. The quantitative estimate of drug-likeness (QED) is 0.906. The number of nitrogens with zero attached hydrogens (tertiary/aromatic N) is 3. The maximum absolute atomic E-state index is 5.31. The van der Waals surface area contributed by atoms with E-state index in [1.54, 1.807) is 6.20 Å². The zero-order valence-corrected chi connectivity index (χ0v) is 11.8. The first-order chi connectivity index (χ1) is 9.86. The van der Waals surface area contributed by atoms with E-state index in [9.17, 15) is 0 Å². The fraction of sp³-hybridized carbons (Fsp3) is 0.533. The van der Waals surface area contributed by atoms with Crippen molar-refractivity contribution in [2.24, 2.45) is 0 Å². The van der Waals surface area contributed by atoms with Gasteiger partial charge in [-0.25, -0.2) is 0 Å². The van der Waals surface area contributed by atoms with Crippen molar-refractivity contribution in [2.45, 2.75) is 51.6 Å². The number of rotatable bonds is 5. The molecule has 0 saturated heterocycles. The molecule has 2 aromatic heterocycles. The molecule has 0 aromatic carbocycles. The largest absolute Gasteiger partial charge is 0.337 e. The van der Waals surface area contributed by atoms with Crippen LogP contribution in [-0.4, -0.2) is 21.2 Å². The minimum atomic E-state index is 0.589. The van der Waals surface area contributed by atoms with E-state index in [4.69, 9.17) is 4.52 Å². The molecule has 1 saturated carbocycles. The van der Waals surface area contributed by atoms with E-state index in [1.165, 1.54) is 25.7 Å². The van der Waals surface area contributed by atoms with Crippen molar-refractivity contribution in [1.29, 1.82) is 0 Å². The van der Waals surface area contributed by atoms with Crippen LogP contribution in [0.5, 0.6) is 0 Å². The van der Waals surface area contributed by atoms with E-state index in [-0.39, 0.29) is 0 Å². The molecule has 1 aliphatic carbocycles. The normalized spacial score (nSPS) is 15.8. The molecule has 0 atom stereocenters. The summed E-state index contributed by atoms with van der Waals surface area (Å²) in [6.45, 7) is 2.75. The van der Waals surface area contributed by atoms with Gasteiger partial charge in [0.15, 0.2) is 0 Å². The minimum Gasteiger partial charge on any atom is -0.337 e. The van der Waals surface area contributed by atoms with Crippen LogP contribution in [0.25, 0.3) is 11.5 Å². The molecule has 2 aromatic rings. The van der Waals surface area contributed by atoms with E-state index < -0.39 is 0 Å². The third-order valence-corrected chi connectivity index (χ3v) is 3.85. The van der Waals surface area contributed by atoms with Gasteiger partial charge < -0.3 is 9.84 Å². The molecule has 1 fully saturated rings. The van der Waals surface area contributed by atoms with Gasteiger partial charge in [0.2, 0.25) is 11.7 Å². The molecule has 1 aliphatic rings. The Kier molecular flexibility index (Phi) is 4.06. The lowest BCUT2D eigenvalue weighted by Gasteiger charge is -2.08.